The number of hydrogen-bond donors (Lipinski definition) is 3. The summed E-state index contributed by atoms with van der Waals surface area (Å²) in [5, 5.41) is 3.37. The van der Waals surface area contributed by atoms with Gasteiger partial charge in [-0.2, -0.15) is 0 Å². The summed E-state index contributed by atoms with van der Waals surface area (Å²) in [6.45, 7) is 6.70. The molecule has 1 aliphatic rings. The van der Waals surface area contributed by atoms with Gasteiger partial charge < -0.3 is 15.5 Å². The van der Waals surface area contributed by atoms with E-state index in [4.69, 9.17) is 10.6 Å². The lowest BCUT2D eigenvalue weighted by atomic mass is 9.82. The molecule has 0 amide bonds. The zero-order valence-corrected chi connectivity index (χ0v) is 11.0. The van der Waals surface area contributed by atoms with Crippen molar-refractivity contribution in [1.29, 1.82) is 0 Å². The average Bonchev–Trinajstić information content (AvgIpc) is 2.37. The van der Waals surface area contributed by atoms with Gasteiger partial charge in [-0.05, 0) is 25.2 Å². The molecule has 1 aromatic heterocycles. The molecule has 1 saturated heterocycles. The number of nitrogens with two attached hydrogens (primary N) is 1. The highest BCUT2D eigenvalue weighted by Crippen LogP contribution is 2.29. The maximum atomic E-state index is 5.39. The van der Waals surface area contributed by atoms with E-state index in [1.807, 2.05) is 13.0 Å². The Morgan fingerprint density at radius 1 is 1.33 bits per heavy atom. The highest BCUT2D eigenvalue weighted by molar-refractivity contribution is 5.46. The first-order chi connectivity index (χ1) is 8.61. The molecule has 0 unspecified atom stereocenters. The molecule has 0 aliphatic carbocycles. The van der Waals surface area contributed by atoms with E-state index in [1.54, 1.807) is 0 Å². The summed E-state index contributed by atoms with van der Waals surface area (Å²) in [6, 6.07) is 1.82. The Morgan fingerprint density at radius 2 is 2.00 bits per heavy atom. The third-order valence-corrected chi connectivity index (χ3v) is 3.38. The molecule has 2 heterocycles. The first-order valence-electron chi connectivity index (χ1n) is 6.25. The van der Waals surface area contributed by atoms with Crippen molar-refractivity contribution in [2.24, 2.45) is 11.3 Å². The Bertz CT molecular complexity index is 403. The van der Waals surface area contributed by atoms with Crippen LogP contribution in [0.4, 0.5) is 11.6 Å². The summed E-state index contributed by atoms with van der Waals surface area (Å²) < 4.78 is 5.39. The fourth-order valence-electron chi connectivity index (χ4n) is 2.08. The minimum atomic E-state index is 0.271. The number of rotatable bonds is 4. The lowest BCUT2D eigenvalue weighted by Crippen LogP contribution is -2.33. The van der Waals surface area contributed by atoms with Crippen LogP contribution in [0.15, 0.2) is 6.07 Å². The number of aromatic nitrogens is 2. The predicted octanol–water partition coefficient (Wildman–Crippen LogP) is 1.30. The SMILES string of the molecule is Cc1nc(NN)cc(NCC2(C)CCOCC2)n1. The van der Waals surface area contributed by atoms with Crippen LogP contribution in [-0.4, -0.2) is 29.7 Å². The Kier molecular flexibility index (Phi) is 3.98. The van der Waals surface area contributed by atoms with Gasteiger partial charge in [0.05, 0.1) is 0 Å². The Labute approximate surface area is 107 Å². The standard InChI is InChI=1S/C12H21N5O/c1-9-15-10(7-11(16-9)17-13)14-8-12(2)3-5-18-6-4-12/h7H,3-6,8,13H2,1-2H3,(H2,14,15,16,17). The van der Waals surface area contributed by atoms with Crippen LogP contribution in [0.1, 0.15) is 25.6 Å². The minimum absolute atomic E-state index is 0.271. The summed E-state index contributed by atoms with van der Waals surface area (Å²) >= 11 is 0. The molecule has 0 atom stereocenters. The van der Waals surface area contributed by atoms with Crippen molar-refractivity contribution >= 4 is 11.6 Å². The molecule has 0 radical (unpaired) electrons. The number of aryl methyl sites for hydroxylation is 1. The van der Waals surface area contributed by atoms with Crippen LogP contribution in [0, 0.1) is 12.3 Å². The fraction of sp³-hybridized carbons (Fsp3) is 0.667. The van der Waals surface area contributed by atoms with Crippen LogP contribution in [0.5, 0.6) is 0 Å². The topological polar surface area (TPSA) is 85.1 Å². The Balaban J connectivity index is 1.98. The molecule has 1 aliphatic heterocycles. The summed E-state index contributed by atoms with van der Waals surface area (Å²) in [5.74, 6) is 7.50. The van der Waals surface area contributed by atoms with E-state index in [0.717, 1.165) is 38.4 Å². The van der Waals surface area contributed by atoms with E-state index in [-0.39, 0.29) is 5.41 Å². The van der Waals surface area contributed by atoms with Crippen LogP contribution in [0.2, 0.25) is 0 Å². The van der Waals surface area contributed by atoms with Crippen molar-refractivity contribution in [3.63, 3.8) is 0 Å². The normalized spacial score (nSPS) is 18.4. The number of anilines is 2. The average molecular weight is 251 g/mol. The second-order valence-electron chi connectivity index (χ2n) is 5.11. The van der Waals surface area contributed by atoms with Crippen LogP contribution < -0.4 is 16.6 Å². The van der Waals surface area contributed by atoms with Gasteiger partial charge in [0.1, 0.15) is 17.5 Å². The molecular weight excluding hydrogens is 230 g/mol. The van der Waals surface area contributed by atoms with Gasteiger partial charge >= 0.3 is 0 Å². The van der Waals surface area contributed by atoms with Gasteiger partial charge in [-0.25, -0.2) is 15.8 Å². The van der Waals surface area contributed by atoms with Crippen molar-refractivity contribution < 1.29 is 4.74 Å². The lowest BCUT2D eigenvalue weighted by molar-refractivity contribution is 0.0300. The molecule has 6 nitrogen and oxygen atoms in total. The Morgan fingerprint density at radius 3 is 2.67 bits per heavy atom. The van der Waals surface area contributed by atoms with E-state index < -0.39 is 0 Å². The first-order valence-corrected chi connectivity index (χ1v) is 6.25. The summed E-state index contributed by atoms with van der Waals surface area (Å²) in [5.41, 5.74) is 2.82. The van der Waals surface area contributed by atoms with Crippen molar-refractivity contribution in [1.82, 2.24) is 9.97 Å². The van der Waals surface area contributed by atoms with Crippen molar-refractivity contribution in [2.45, 2.75) is 26.7 Å². The van der Waals surface area contributed by atoms with Crippen molar-refractivity contribution in [3.05, 3.63) is 11.9 Å². The van der Waals surface area contributed by atoms with E-state index in [2.05, 4.69) is 27.6 Å². The molecule has 18 heavy (non-hydrogen) atoms. The van der Waals surface area contributed by atoms with Gasteiger partial charge in [-0.15, -0.1) is 0 Å². The van der Waals surface area contributed by atoms with Gasteiger partial charge in [0.25, 0.3) is 0 Å². The maximum absolute atomic E-state index is 5.39. The zero-order chi connectivity index (χ0) is 13.0. The number of ether oxygens (including phenoxy) is 1. The number of hydrazine groups is 1. The van der Waals surface area contributed by atoms with E-state index in [0.29, 0.717) is 11.6 Å². The van der Waals surface area contributed by atoms with E-state index in [1.165, 1.54) is 0 Å². The van der Waals surface area contributed by atoms with Gasteiger partial charge in [0, 0.05) is 25.8 Å². The van der Waals surface area contributed by atoms with Crippen molar-refractivity contribution in [3.8, 4) is 0 Å². The van der Waals surface area contributed by atoms with Crippen LogP contribution in [-0.2, 0) is 4.74 Å². The molecule has 0 spiro atoms. The molecule has 100 valence electrons. The number of nitrogens with one attached hydrogen (secondary N) is 2. The van der Waals surface area contributed by atoms with Crippen LogP contribution in [0.3, 0.4) is 0 Å². The molecule has 1 aromatic rings. The van der Waals surface area contributed by atoms with Crippen molar-refractivity contribution in [2.75, 3.05) is 30.5 Å². The molecular formula is C12H21N5O. The summed E-state index contributed by atoms with van der Waals surface area (Å²) in [4.78, 5) is 8.51. The fourth-order valence-corrected chi connectivity index (χ4v) is 2.08. The largest absolute Gasteiger partial charge is 0.381 e. The van der Waals surface area contributed by atoms with Gasteiger partial charge in [0.15, 0.2) is 0 Å². The minimum Gasteiger partial charge on any atom is -0.381 e. The molecule has 1 fully saturated rings. The quantitative estimate of drug-likeness (QED) is 0.552. The summed E-state index contributed by atoms with van der Waals surface area (Å²) in [6.07, 6.45) is 2.15. The van der Waals surface area contributed by atoms with Gasteiger partial charge in [-0.3, -0.25) is 0 Å². The number of nitrogens with zero attached hydrogens (tertiary/aromatic N) is 2. The first kappa shape index (κ1) is 13.0. The number of hydrogen-bond acceptors (Lipinski definition) is 6. The zero-order valence-electron chi connectivity index (χ0n) is 11.0. The summed E-state index contributed by atoms with van der Waals surface area (Å²) in [7, 11) is 0. The highest BCUT2D eigenvalue weighted by atomic mass is 16.5. The maximum Gasteiger partial charge on any atom is 0.145 e. The lowest BCUT2D eigenvalue weighted by Gasteiger charge is -2.33. The van der Waals surface area contributed by atoms with E-state index >= 15 is 0 Å². The molecule has 0 bridgehead atoms. The number of nitrogen functional groups attached to an aromatic ring is 1. The van der Waals surface area contributed by atoms with Gasteiger partial charge in [-0.1, -0.05) is 6.92 Å². The highest BCUT2D eigenvalue weighted by Gasteiger charge is 2.27. The molecule has 4 N–H and O–H groups in total. The van der Waals surface area contributed by atoms with Gasteiger partial charge in [0.2, 0.25) is 0 Å². The second kappa shape index (κ2) is 5.49. The van der Waals surface area contributed by atoms with E-state index in [9.17, 15) is 0 Å². The van der Waals surface area contributed by atoms with Crippen LogP contribution in [0.25, 0.3) is 0 Å². The smallest absolute Gasteiger partial charge is 0.145 e. The molecule has 0 aromatic carbocycles. The molecule has 2 rings (SSSR count). The Hall–Kier alpha value is -1.40. The third-order valence-electron chi connectivity index (χ3n) is 3.38. The third kappa shape index (κ3) is 3.30. The second-order valence-corrected chi connectivity index (χ2v) is 5.11. The molecule has 0 saturated carbocycles. The predicted molar refractivity (Wildman–Crippen MR) is 71.2 cm³/mol. The monoisotopic (exact) mass is 251 g/mol. The molecule has 6 heteroatoms. The van der Waals surface area contributed by atoms with Crippen LogP contribution >= 0.6 is 0 Å².